The lowest BCUT2D eigenvalue weighted by molar-refractivity contribution is -0.137. The molecule has 0 spiro atoms. The number of alkyl halides is 3. The summed E-state index contributed by atoms with van der Waals surface area (Å²) in [4.78, 5) is 16.1. The largest absolute Gasteiger partial charge is 0.417 e. The number of benzene rings is 2. The van der Waals surface area contributed by atoms with E-state index in [2.05, 4.69) is 5.32 Å². The van der Waals surface area contributed by atoms with Crippen molar-refractivity contribution in [1.29, 1.82) is 5.26 Å². The average molecular weight is 418 g/mol. The Morgan fingerprint density at radius 2 is 1.97 bits per heavy atom. The lowest BCUT2D eigenvalue weighted by atomic mass is 10.1. The van der Waals surface area contributed by atoms with Gasteiger partial charge in [0.05, 0.1) is 29.8 Å². The zero-order valence-corrected chi connectivity index (χ0v) is 16.3. The van der Waals surface area contributed by atoms with Gasteiger partial charge >= 0.3 is 12.2 Å². The molecule has 2 aromatic carbocycles. The molecule has 0 radical (unpaired) electrons. The summed E-state index contributed by atoms with van der Waals surface area (Å²) in [6.45, 7) is 1.21. The SMILES string of the molecule is COCC1CN(c2ccc(C#N)c(C(F)(F)F)c2)CCN1C(=O)Nc1ccccc1. The maximum atomic E-state index is 13.3. The third kappa shape index (κ3) is 4.83. The van der Waals surface area contributed by atoms with Crippen molar-refractivity contribution < 1.29 is 22.7 Å². The molecule has 1 saturated heterocycles. The number of carbonyl (C=O) groups is 1. The molecule has 6 nitrogen and oxygen atoms in total. The summed E-state index contributed by atoms with van der Waals surface area (Å²) < 4.78 is 45.2. The Hall–Kier alpha value is -3.25. The number of anilines is 2. The van der Waals surface area contributed by atoms with Crippen LogP contribution in [-0.4, -0.2) is 50.3 Å². The molecule has 2 amide bonds. The van der Waals surface area contributed by atoms with Crippen LogP contribution in [0, 0.1) is 11.3 Å². The van der Waals surface area contributed by atoms with Gasteiger partial charge in [-0.15, -0.1) is 0 Å². The molecule has 2 aromatic rings. The normalized spacial score (nSPS) is 16.8. The minimum atomic E-state index is -4.62. The molecule has 0 saturated carbocycles. The monoisotopic (exact) mass is 418 g/mol. The Morgan fingerprint density at radius 3 is 2.60 bits per heavy atom. The molecule has 0 bridgehead atoms. The summed E-state index contributed by atoms with van der Waals surface area (Å²) in [5.74, 6) is 0. The highest BCUT2D eigenvalue weighted by Crippen LogP contribution is 2.35. The van der Waals surface area contributed by atoms with E-state index < -0.39 is 17.3 Å². The number of nitriles is 1. The second-order valence-electron chi connectivity index (χ2n) is 6.88. The fourth-order valence-electron chi connectivity index (χ4n) is 3.47. The predicted octanol–water partition coefficient (Wildman–Crippen LogP) is 3.95. The predicted molar refractivity (Wildman–Crippen MR) is 106 cm³/mol. The summed E-state index contributed by atoms with van der Waals surface area (Å²) in [6, 6.07) is 13.6. The van der Waals surface area contributed by atoms with Crippen LogP contribution in [0.25, 0.3) is 0 Å². The van der Waals surface area contributed by atoms with Crippen LogP contribution in [0.1, 0.15) is 11.1 Å². The van der Waals surface area contributed by atoms with Crippen molar-refractivity contribution in [3.8, 4) is 6.07 Å². The first-order valence-corrected chi connectivity index (χ1v) is 9.31. The van der Waals surface area contributed by atoms with Gasteiger partial charge in [0.15, 0.2) is 0 Å². The quantitative estimate of drug-likeness (QED) is 0.817. The van der Waals surface area contributed by atoms with Crippen LogP contribution in [-0.2, 0) is 10.9 Å². The summed E-state index contributed by atoms with van der Waals surface area (Å²) in [5, 5.41) is 11.8. The standard InChI is InChI=1S/C21H21F3N4O2/c1-30-14-18-13-27(17-8-7-15(12-25)19(11-17)21(22,23)24)9-10-28(18)20(29)26-16-5-3-2-4-6-16/h2-8,11,18H,9-10,13-14H2,1H3,(H,26,29). The number of nitrogens with one attached hydrogen (secondary N) is 1. The van der Waals surface area contributed by atoms with Crippen LogP contribution < -0.4 is 10.2 Å². The van der Waals surface area contributed by atoms with Gasteiger partial charge in [-0.2, -0.15) is 18.4 Å². The number of ether oxygens (including phenoxy) is 1. The van der Waals surface area contributed by atoms with Crippen molar-refractivity contribution in [2.24, 2.45) is 0 Å². The molecule has 3 rings (SSSR count). The van der Waals surface area contributed by atoms with E-state index in [1.54, 1.807) is 28.0 Å². The summed E-state index contributed by atoms with van der Waals surface area (Å²) in [5.41, 5.74) is -0.371. The van der Waals surface area contributed by atoms with E-state index >= 15 is 0 Å². The van der Waals surface area contributed by atoms with Gasteiger partial charge in [-0.05, 0) is 30.3 Å². The van der Waals surface area contributed by atoms with Crippen LogP contribution in [0.15, 0.2) is 48.5 Å². The number of amides is 2. The molecule has 158 valence electrons. The minimum Gasteiger partial charge on any atom is -0.382 e. The van der Waals surface area contributed by atoms with Gasteiger partial charge in [-0.3, -0.25) is 0 Å². The molecular formula is C21H21F3N4O2. The van der Waals surface area contributed by atoms with Gasteiger partial charge in [0.25, 0.3) is 0 Å². The number of nitrogens with zero attached hydrogens (tertiary/aromatic N) is 3. The van der Waals surface area contributed by atoms with Gasteiger partial charge in [-0.25, -0.2) is 4.79 Å². The van der Waals surface area contributed by atoms with Crippen molar-refractivity contribution in [1.82, 2.24) is 4.90 Å². The van der Waals surface area contributed by atoms with E-state index in [4.69, 9.17) is 10.00 Å². The lowest BCUT2D eigenvalue weighted by Crippen LogP contribution is -2.58. The van der Waals surface area contributed by atoms with Gasteiger partial charge in [0.2, 0.25) is 0 Å². The Kier molecular flexibility index (Phi) is 6.47. The number of carbonyl (C=O) groups excluding carboxylic acids is 1. The van der Waals surface area contributed by atoms with E-state index in [0.29, 0.717) is 31.0 Å². The molecule has 1 aliphatic heterocycles. The smallest absolute Gasteiger partial charge is 0.382 e. The number of para-hydroxylation sites is 1. The van der Waals surface area contributed by atoms with Gasteiger partial charge in [-0.1, -0.05) is 18.2 Å². The second-order valence-corrected chi connectivity index (χ2v) is 6.88. The summed E-state index contributed by atoms with van der Waals surface area (Å²) in [6.07, 6.45) is -4.62. The van der Waals surface area contributed by atoms with Crippen molar-refractivity contribution in [2.75, 3.05) is 43.6 Å². The van der Waals surface area contributed by atoms with Crippen LogP contribution in [0.3, 0.4) is 0 Å². The zero-order valence-electron chi connectivity index (χ0n) is 16.3. The number of piperazine rings is 1. The van der Waals surface area contributed by atoms with Gasteiger partial charge in [0, 0.05) is 38.1 Å². The molecular weight excluding hydrogens is 397 g/mol. The van der Waals surface area contributed by atoms with E-state index in [1.807, 2.05) is 18.2 Å². The van der Waals surface area contributed by atoms with Gasteiger partial charge in [0.1, 0.15) is 0 Å². The first-order chi connectivity index (χ1) is 14.3. The van der Waals surface area contributed by atoms with Gasteiger partial charge < -0.3 is 19.9 Å². The van der Waals surface area contributed by atoms with Crippen LogP contribution in [0.2, 0.25) is 0 Å². The first kappa shape index (κ1) is 21.5. The molecule has 0 aliphatic carbocycles. The molecule has 30 heavy (non-hydrogen) atoms. The number of rotatable bonds is 4. The number of hydrogen-bond donors (Lipinski definition) is 1. The number of urea groups is 1. The minimum absolute atomic E-state index is 0.237. The van der Waals surface area contributed by atoms with Crippen LogP contribution >= 0.6 is 0 Å². The molecule has 1 aliphatic rings. The van der Waals surface area contributed by atoms with Crippen molar-refractivity contribution in [3.05, 3.63) is 59.7 Å². The first-order valence-electron chi connectivity index (χ1n) is 9.31. The lowest BCUT2D eigenvalue weighted by Gasteiger charge is -2.42. The molecule has 9 heteroatoms. The molecule has 1 fully saturated rings. The van der Waals surface area contributed by atoms with E-state index in [9.17, 15) is 18.0 Å². The zero-order chi connectivity index (χ0) is 21.7. The van der Waals surface area contributed by atoms with E-state index in [1.165, 1.54) is 19.2 Å². The Bertz CT molecular complexity index is 928. The Balaban J connectivity index is 1.78. The van der Waals surface area contributed by atoms with Crippen LogP contribution in [0.4, 0.5) is 29.3 Å². The fourth-order valence-corrected chi connectivity index (χ4v) is 3.47. The highest BCUT2D eigenvalue weighted by atomic mass is 19.4. The third-order valence-corrected chi connectivity index (χ3v) is 4.92. The molecule has 1 heterocycles. The summed E-state index contributed by atoms with van der Waals surface area (Å²) in [7, 11) is 1.51. The topological polar surface area (TPSA) is 68.6 Å². The average Bonchev–Trinajstić information content (AvgIpc) is 2.73. The van der Waals surface area contributed by atoms with E-state index in [-0.39, 0.29) is 18.7 Å². The number of halogens is 3. The Labute approximate surface area is 172 Å². The molecule has 1 unspecified atom stereocenters. The van der Waals surface area contributed by atoms with Crippen molar-refractivity contribution in [3.63, 3.8) is 0 Å². The third-order valence-electron chi connectivity index (χ3n) is 4.92. The van der Waals surface area contributed by atoms with E-state index in [0.717, 1.165) is 6.07 Å². The van der Waals surface area contributed by atoms with Crippen molar-refractivity contribution in [2.45, 2.75) is 12.2 Å². The highest BCUT2D eigenvalue weighted by Gasteiger charge is 2.35. The second kappa shape index (κ2) is 9.05. The number of hydrogen-bond acceptors (Lipinski definition) is 4. The maximum Gasteiger partial charge on any atom is 0.417 e. The molecule has 0 aromatic heterocycles. The molecule has 1 N–H and O–H groups in total. The Morgan fingerprint density at radius 1 is 1.23 bits per heavy atom. The maximum absolute atomic E-state index is 13.3. The van der Waals surface area contributed by atoms with Crippen molar-refractivity contribution >= 4 is 17.4 Å². The molecule has 1 atom stereocenters. The summed E-state index contributed by atoms with van der Waals surface area (Å²) >= 11 is 0. The number of methoxy groups -OCH3 is 1. The van der Waals surface area contributed by atoms with Crippen LogP contribution in [0.5, 0.6) is 0 Å². The fraction of sp³-hybridized carbons (Fsp3) is 0.333. The highest BCUT2D eigenvalue weighted by molar-refractivity contribution is 5.89.